The van der Waals surface area contributed by atoms with E-state index in [1.807, 2.05) is 0 Å². The minimum absolute atomic E-state index is 0. The predicted octanol–water partition coefficient (Wildman–Crippen LogP) is 6.42. The normalized spacial score (nSPS) is 11.4. The van der Waals surface area contributed by atoms with Gasteiger partial charge in [-0.15, -0.1) is 0 Å². The average Bonchev–Trinajstić information content (AvgIpc) is 2.72. The quantitative estimate of drug-likeness (QED) is 0.103. The van der Waals surface area contributed by atoms with Crippen LogP contribution in [0.25, 0.3) is 0 Å². The minimum atomic E-state index is -4.04. The third-order valence-corrected chi connectivity index (χ3v) is 6.79. The van der Waals surface area contributed by atoms with Crippen molar-refractivity contribution in [3.8, 4) is 11.5 Å². The SMILES string of the molecule is CCCCCCCCCCCCCCCCCCOS(=O)(=O)c1cc(O)ccc1O.[KH]. The van der Waals surface area contributed by atoms with Gasteiger partial charge in [-0.05, 0) is 18.6 Å². The van der Waals surface area contributed by atoms with Gasteiger partial charge in [0.15, 0.2) is 0 Å². The molecule has 1 aromatic carbocycles. The van der Waals surface area contributed by atoms with Gasteiger partial charge >= 0.3 is 61.5 Å². The monoisotopic (exact) mass is 482 g/mol. The van der Waals surface area contributed by atoms with Crippen molar-refractivity contribution in [2.45, 2.75) is 115 Å². The standard InChI is InChI=1S/C24H42O5S.K.H/c1-2-3-4-5-6-7-8-9-10-11-12-13-14-15-16-17-20-29-30(27,28)24-21-22(25)18-19-23(24)26;;/h18-19,21,25-26H,2-17,20H2,1H3;;. The molecule has 5 nitrogen and oxygen atoms in total. The topological polar surface area (TPSA) is 83.8 Å². The molecule has 0 unspecified atom stereocenters. The van der Waals surface area contributed by atoms with Gasteiger partial charge < -0.3 is 10.2 Å². The molecular weight excluding hydrogens is 439 g/mol. The Morgan fingerprint density at radius 3 is 1.58 bits per heavy atom. The van der Waals surface area contributed by atoms with Gasteiger partial charge in [0, 0.05) is 6.07 Å². The molecule has 7 heteroatoms. The fourth-order valence-electron chi connectivity index (χ4n) is 3.59. The molecule has 1 aromatic rings. The molecular formula is C24H43KO5S. The number of phenolic OH excluding ortho intramolecular Hbond substituents is 2. The molecule has 0 aliphatic heterocycles. The summed E-state index contributed by atoms with van der Waals surface area (Å²) in [5, 5.41) is 19.0. The van der Waals surface area contributed by atoms with Crippen LogP contribution in [-0.2, 0) is 14.3 Å². The molecule has 0 saturated carbocycles. The third kappa shape index (κ3) is 15.8. The number of phenols is 2. The number of benzene rings is 1. The van der Waals surface area contributed by atoms with E-state index in [9.17, 15) is 18.6 Å². The van der Waals surface area contributed by atoms with Crippen LogP contribution in [-0.4, -0.2) is 76.6 Å². The Kier molecular flexibility index (Phi) is 20.0. The second kappa shape index (κ2) is 19.8. The van der Waals surface area contributed by atoms with E-state index in [0.717, 1.165) is 25.0 Å². The van der Waals surface area contributed by atoms with Crippen molar-refractivity contribution in [3.63, 3.8) is 0 Å². The molecule has 0 aromatic heterocycles. The second-order valence-electron chi connectivity index (χ2n) is 8.23. The van der Waals surface area contributed by atoms with E-state index in [1.54, 1.807) is 0 Å². The number of aromatic hydroxyl groups is 2. The van der Waals surface area contributed by atoms with Crippen molar-refractivity contribution in [1.29, 1.82) is 0 Å². The van der Waals surface area contributed by atoms with Gasteiger partial charge in [0.1, 0.15) is 16.4 Å². The van der Waals surface area contributed by atoms with E-state index >= 15 is 0 Å². The van der Waals surface area contributed by atoms with Gasteiger partial charge in [-0.2, -0.15) is 8.42 Å². The molecule has 1 rings (SSSR count). The first-order valence-electron chi connectivity index (χ1n) is 11.9. The molecule has 0 aliphatic carbocycles. The first-order chi connectivity index (χ1) is 14.5. The van der Waals surface area contributed by atoms with E-state index in [1.165, 1.54) is 89.5 Å². The molecule has 31 heavy (non-hydrogen) atoms. The summed E-state index contributed by atoms with van der Waals surface area (Å²) in [7, 11) is -4.04. The molecule has 0 radical (unpaired) electrons. The number of unbranched alkanes of at least 4 members (excludes halogenated alkanes) is 15. The van der Waals surface area contributed by atoms with Crippen molar-refractivity contribution in [3.05, 3.63) is 18.2 Å². The van der Waals surface area contributed by atoms with Crippen molar-refractivity contribution in [2.75, 3.05) is 6.61 Å². The van der Waals surface area contributed by atoms with E-state index in [0.29, 0.717) is 6.42 Å². The molecule has 0 bridgehead atoms. The Hall–Kier alpha value is 0.366. The summed E-state index contributed by atoms with van der Waals surface area (Å²) in [5.74, 6) is -0.642. The van der Waals surface area contributed by atoms with Crippen LogP contribution in [0.2, 0.25) is 0 Å². The maximum absolute atomic E-state index is 12.1. The zero-order valence-corrected chi connectivity index (χ0v) is 19.6. The maximum atomic E-state index is 12.1. The van der Waals surface area contributed by atoms with Crippen LogP contribution in [0.4, 0.5) is 0 Å². The van der Waals surface area contributed by atoms with Gasteiger partial charge in [0.05, 0.1) is 6.61 Å². The van der Waals surface area contributed by atoms with Crippen molar-refractivity contribution < 1.29 is 22.8 Å². The van der Waals surface area contributed by atoms with Crippen molar-refractivity contribution in [2.24, 2.45) is 0 Å². The molecule has 176 valence electrons. The summed E-state index contributed by atoms with van der Waals surface area (Å²) in [6.07, 6.45) is 20.1. The average molecular weight is 483 g/mol. The van der Waals surface area contributed by atoms with Crippen LogP contribution in [0.1, 0.15) is 110 Å². The third-order valence-electron chi connectivity index (χ3n) is 5.45. The fourth-order valence-corrected chi connectivity index (χ4v) is 4.64. The molecule has 2 N–H and O–H groups in total. The zero-order valence-electron chi connectivity index (χ0n) is 18.8. The molecule has 0 fully saturated rings. The van der Waals surface area contributed by atoms with Crippen LogP contribution in [0, 0.1) is 0 Å². The Balaban J connectivity index is 0.00000900. The number of rotatable bonds is 19. The molecule has 0 atom stereocenters. The van der Waals surface area contributed by atoms with Gasteiger partial charge in [-0.25, -0.2) is 0 Å². The summed E-state index contributed by atoms with van der Waals surface area (Å²) < 4.78 is 29.1. The summed E-state index contributed by atoms with van der Waals surface area (Å²) in [5.41, 5.74) is 0. The van der Waals surface area contributed by atoms with Gasteiger partial charge in [-0.1, -0.05) is 103 Å². The van der Waals surface area contributed by atoms with Crippen LogP contribution < -0.4 is 0 Å². The van der Waals surface area contributed by atoms with Crippen LogP contribution in [0.3, 0.4) is 0 Å². The zero-order chi connectivity index (χ0) is 22.1. The molecule has 0 spiro atoms. The predicted molar refractivity (Wildman–Crippen MR) is 130 cm³/mol. The first-order valence-corrected chi connectivity index (χ1v) is 13.3. The Morgan fingerprint density at radius 1 is 0.710 bits per heavy atom. The van der Waals surface area contributed by atoms with Gasteiger partial charge in [-0.3, -0.25) is 4.18 Å². The van der Waals surface area contributed by atoms with Crippen molar-refractivity contribution in [1.82, 2.24) is 0 Å². The summed E-state index contributed by atoms with van der Waals surface area (Å²) in [6.45, 7) is 2.35. The molecule has 0 aliphatic rings. The van der Waals surface area contributed by atoms with Gasteiger partial charge in [0.2, 0.25) is 0 Å². The first kappa shape index (κ1) is 31.4. The summed E-state index contributed by atoms with van der Waals surface area (Å²) in [6, 6.07) is 3.36. The summed E-state index contributed by atoms with van der Waals surface area (Å²) >= 11 is 0. The van der Waals surface area contributed by atoms with Crippen LogP contribution >= 0.6 is 0 Å². The summed E-state index contributed by atoms with van der Waals surface area (Å²) in [4.78, 5) is -0.390. The number of hydrogen-bond donors (Lipinski definition) is 2. The van der Waals surface area contributed by atoms with E-state index in [-0.39, 0.29) is 68.6 Å². The van der Waals surface area contributed by atoms with E-state index < -0.39 is 15.9 Å². The molecule has 0 saturated heterocycles. The Morgan fingerprint density at radius 2 is 1.13 bits per heavy atom. The Bertz CT molecular complexity index is 664. The van der Waals surface area contributed by atoms with Crippen molar-refractivity contribution >= 4 is 61.5 Å². The van der Waals surface area contributed by atoms with Gasteiger partial charge in [0.25, 0.3) is 0 Å². The van der Waals surface area contributed by atoms with Crippen LogP contribution in [0.15, 0.2) is 23.1 Å². The fraction of sp³-hybridized carbons (Fsp3) is 0.750. The second-order valence-corrected chi connectivity index (χ2v) is 9.82. The van der Waals surface area contributed by atoms with E-state index in [2.05, 4.69) is 6.92 Å². The molecule has 0 heterocycles. The molecule has 0 amide bonds. The van der Waals surface area contributed by atoms with Crippen LogP contribution in [0.5, 0.6) is 11.5 Å². The number of hydrogen-bond acceptors (Lipinski definition) is 5. The van der Waals surface area contributed by atoms with E-state index in [4.69, 9.17) is 4.18 Å². The Labute approximate surface area is 232 Å².